The van der Waals surface area contributed by atoms with Crippen LogP contribution < -0.4 is 5.32 Å². The maximum atomic E-state index is 10.5. The first-order valence-corrected chi connectivity index (χ1v) is 2.74. The number of nitrogens with one attached hydrogen (secondary N) is 1. The van der Waals surface area contributed by atoms with Crippen LogP contribution in [0.5, 0.6) is 0 Å². The van der Waals surface area contributed by atoms with Gasteiger partial charge in [0.05, 0.1) is 6.42 Å². The highest BCUT2D eigenvalue weighted by Crippen LogP contribution is 2.07. The highest BCUT2D eigenvalue weighted by molar-refractivity contribution is 5.79. The molecular weight excluding hydrogens is 122 g/mol. The monoisotopic (exact) mass is 131 g/mol. The van der Waals surface area contributed by atoms with Crippen molar-refractivity contribution in [3.05, 3.63) is 0 Å². The topological polar surface area (TPSA) is 58.6 Å². The standard InChI is InChI=1S/C5H9NO3/c1-9-5-3(7)2-4(8)6-5/h3,5,7H,2H2,1H3,(H,6,8)/t3-,5?/m1/s1. The molecule has 1 rings (SSSR count). The molecule has 1 aliphatic rings. The maximum Gasteiger partial charge on any atom is 0.224 e. The predicted molar refractivity (Wildman–Crippen MR) is 29.6 cm³/mol. The lowest BCUT2D eigenvalue weighted by Crippen LogP contribution is -2.32. The average Bonchev–Trinajstić information content (AvgIpc) is 2.10. The second-order valence-electron chi connectivity index (χ2n) is 2.00. The maximum absolute atomic E-state index is 10.5. The molecule has 2 N–H and O–H groups in total. The van der Waals surface area contributed by atoms with Crippen LogP contribution in [0.25, 0.3) is 0 Å². The lowest BCUT2D eigenvalue weighted by atomic mass is 10.3. The van der Waals surface area contributed by atoms with Crippen LogP contribution in [0.2, 0.25) is 0 Å². The lowest BCUT2D eigenvalue weighted by Gasteiger charge is -2.10. The quantitative estimate of drug-likeness (QED) is 0.472. The molecule has 4 nitrogen and oxygen atoms in total. The molecule has 0 bridgehead atoms. The third-order valence-electron chi connectivity index (χ3n) is 1.30. The first kappa shape index (κ1) is 6.51. The Balaban J connectivity index is 2.47. The van der Waals surface area contributed by atoms with Crippen molar-refractivity contribution in [2.24, 2.45) is 0 Å². The molecule has 4 heteroatoms. The Morgan fingerprint density at radius 3 is 2.78 bits per heavy atom. The minimum Gasteiger partial charge on any atom is -0.388 e. The van der Waals surface area contributed by atoms with Gasteiger partial charge in [0.1, 0.15) is 6.10 Å². The van der Waals surface area contributed by atoms with Crippen LogP contribution in [0.3, 0.4) is 0 Å². The third kappa shape index (κ3) is 1.20. The van der Waals surface area contributed by atoms with Crippen molar-refractivity contribution in [3.63, 3.8) is 0 Å². The molecule has 1 fully saturated rings. The Hall–Kier alpha value is -0.610. The van der Waals surface area contributed by atoms with Gasteiger partial charge in [0, 0.05) is 7.11 Å². The van der Waals surface area contributed by atoms with Crippen molar-refractivity contribution in [3.8, 4) is 0 Å². The van der Waals surface area contributed by atoms with Crippen LogP contribution in [0.15, 0.2) is 0 Å². The van der Waals surface area contributed by atoms with E-state index in [1.54, 1.807) is 0 Å². The molecule has 0 aromatic heterocycles. The Bertz CT molecular complexity index is 125. The summed E-state index contributed by atoms with van der Waals surface area (Å²) >= 11 is 0. The first-order chi connectivity index (χ1) is 4.24. The summed E-state index contributed by atoms with van der Waals surface area (Å²) in [5.41, 5.74) is 0. The van der Waals surface area contributed by atoms with Gasteiger partial charge in [-0.05, 0) is 0 Å². The fourth-order valence-electron chi connectivity index (χ4n) is 0.827. The molecule has 1 amide bonds. The molecular formula is C5H9NO3. The summed E-state index contributed by atoms with van der Waals surface area (Å²) in [6, 6.07) is 0. The molecule has 1 heterocycles. The van der Waals surface area contributed by atoms with Crippen molar-refractivity contribution in [2.45, 2.75) is 18.8 Å². The van der Waals surface area contributed by atoms with E-state index in [2.05, 4.69) is 5.32 Å². The second-order valence-corrected chi connectivity index (χ2v) is 2.00. The fourth-order valence-corrected chi connectivity index (χ4v) is 0.827. The summed E-state index contributed by atoms with van der Waals surface area (Å²) in [6.45, 7) is 0. The Labute approximate surface area is 52.8 Å². The van der Waals surface area contributed by atoms with Crippen LogP contribution in [-0.2, 0) is 9.53 Å². The molecule has 0 aliphatic carbocycles. The Morgan fingerprint density at radius 1 is 1.89 bits per heavy atom. The Kier molecular flexibility index (Phi) is 1.68. The van der Waals surface area contributed by atoms with E-state index in [4.69, 9.17) is 9.84 Å². The van der Waals surface area contributed by atoms with Gasteiger partial charge in [-0.2, -0.15) is 0 Å². The number of rotatable bonds is 1. The molecule has 0 saturated carbocycles. The van der Waals surface area contributed by atoms with Gasteiger partial charge in [-0.3, -0.25) is 4.79 Å². The fraction of sp³-hybridized carbons (Fsp3) is 0.800. The van der Waals surface area contributed by atoms with E-state index in [9.17, 15) is 4.79 Å². The van der Waals surface area contributed by atoms with Gasteiger partial charge in [0.15, 0.2) is 6.23 Å². The summed E-state index contributed by atoms with van der Waals surface area (Å²) in [5, 5.41) is 11.4. The van der Waals surface area contributed by atoms with Crippen molar-refractivity contribution in [1.82, 2.24) is 5.32 Å². The van der Waals surface area contributed by atoms with Gasteiger partial charge in [-0.1, -0.05) is 0 Å². The zero-order valence-electron chi connectivity index (χ0n) is 5.13. The van der Waals surface area contributed by atoms with E-state index in [0.29, 0.717) is 0 Å². The molecule has 52 valence electrons. The van der Waals surface area contributed by atoms with E-state index in [1.165, 1.54) is 7.11 Å². The highest BCUT2D eigenvalue weighted by atomic mass is 16.5. The molecule has 0 aromatic carbocycles. The molecule has 9 heavy (non-hydrogen) atoms. The smallest absolute Gasteiger partial charge is 0.224 e. The summed E-state index contributed by atoms with van der Waals surface area (Å²) < 4.78 is 4.71. The zero-order chi connectivity index (χ0) is 6.85. The molecule has 1 aliphatic heterocycles. The van der Waals surface area contributed by atoms with Gasteiger partial charge in [0.2, 0.25) is 5.91 Å². The van der Waals surface area contributed by atoms with Gasteiger partial charge in [-0.15, -0.1) is 0 Å². The van der Waals surface area contributed by atoms with Crippen LogP contribution in [0.1, 0.15) is 6.42 Å². The van der Waals surface area contributed by atoms with Crippen molar-refractivity contribution in [2.75, 3.05) is 7.11 Å². The summed E-state index contributed by atoms with van der Waals surface area (Å²) in [4.78, 5) is 10.5. The molecule has 2 atom stereocenters. The Morgan fingerprint density at radius 2 is 2.56 bits per heavy atom. The number of ether oxygens (including phenoxy) is 1. The van der Waals surface area contributed by atoms with Crippen LogP contribution >= 0.6 is 0 Å². The predicted octanol–water partition coefficient (Wildman–Crippen LogP) is -1.16. The van der Waals surface area contributed by atoms with Crippen LogP contribution in [0.4, 0.5) is 0 Å². The van der Waals surface area contributed by atoms with Gasteiger partial charge in [0.25, 0.3) is 0 Å². The minimum atomic E-state index is -0.678. The van der Waals surface area contributed by atoms with Gasteiger partial charge >= 0.3 is 0 Å². The number of methoxy groups -OCH3 is 1. The van der Waals surface area contributed by atoms with Gasteiger partial charge in [-0.25, -0.2) is 0 Å². The third-order valence-corrected chi connectivity index (χ3v) is 1.30. The van der Waals surface area contributed by atoms with Crippen LogP contribution in [-0.4, -0.2) is 30.5 Å². The highest BCUT2D eigenvalue weighted by Gasteiger charge is 2.29. The largest absolute Gasteiger partial charge is 0.388 e. The summed E-state index contributed by atoms with van der Waals surface area (Å²) in [6.07, 6.45) is -1.03. The van der Waals surface area contributed by atoms with E-state index in [-0.39, 0.29) is 12.3 Å². The summed E-state index contributed by atoms with van der Waals surface area (Å²) in [5.74, 6) is -0.158. The number of aliphatic hydroxyl groups is 1. The van der Waals surface area contributed by atoms with Crippen molar-refractivity contribution in [1.29, 1.82) is 0 Å². The molecule has 0 radical (unpaired) electrons. The average molecular weight is 131 g/mol. The van der Waals surface area contributed by atoms with Crippen LogP contribution in [0, 0.1) is 0 Å². The number of aliphatic hydroxyl groups excluding tert-OH is 1. The van der Waals surface area contributed by atoms with E-state index in [1.807, 2.05) is 0 Å². The number of hydrogen-bond donors (Lipinski definition) is 2. The molecule has 1 unspecified atom stereocenters. The van der Waals surface area contributed by atoms with Gasteiger partial charge < -0.3 is 15.2 Å². The van der Waals surface area contributed by atoms with E-state index in [0.717, 1.165) is 0 Å². The van der Waals surface area contributed by atoms with Crippen molar-refractivity contribution < 1.29 is 14.6 Å². The molecule has 1 saturated heterocycles. The zero-order valence-corrected chi connectivity index (χ0v) is 5.13. The number of hydrogen-bond acceptors (Lipinski definition) is 3. The minimum absolute atomic E-state index is 0.151. The van der Waals surface area contributed by atoms with Crippen molar-refractivity contribution >= 4 is 5.91 Å². The molecule has 0 spiro atoms. The molecule has 0 aromatic rings. The number of amides is 1. The van der Waals surface area contributed by atoms with E-state index >= 15 is 0 Å². The lowest BCUT2D eigenvalue weighted by molar-refractivity contribution is -0.120. The number of carbonyl (C=O) groups is 1. The second kappa shape index (κ2) is 2.33. The normalized spacial score (nSPS) is 34.7. The SMILES string of the molecule is COC1NC(=O)C[C@H]1O. The summed E-state index contributed by atoms with van der Waals surface area (Å²) in [7, 11) is 1.44. The number of carbonyl (C=O) groups excluding carboxylic acids is 1. The van der Waals surface area contributed by atoms with E-state index < -0.39 is 12.3 Å². The first-order valence-electron chi connectivity index (χ1n) is 2.74.